The number of carboxylic acid groups (broad SMARTS) is 6. The van der Waals surface area contributed by atoms with Gasteiger partial charge >= 0.3 is 35.8 Å². The Kier molecular flexibility index (Phi) is 18.3. The van der Waals surface area contributed by atoms with Crippen LogP contribution in [-0.4, -0.2) is 66.5 Å². The lowest BCUT2D eigenvalue weighted by Gasteiger charge is -1.92. The second-order valence-corrected chi connectivity index (χ2v) is 4.25. The Hall–Kier alpha value is -3.18. The van der Waals surface area contributed by atoms with Gasteiger partial charge in [0.25, 0.3) is 0 Å². The fourth-order valence-electron chi connectivity index (χ4n) is 0.896. The second-order valence-electron chi connectivity index (χ2n) is 4.25. The van der Waals surface area contributed by atoms with Crippen LogP contribution in [0.25, 0.3) is 0 Å². The number of hydrogen-bond acceptors (Lipinski definition) is 6. The first kappa shape index (κ1) is 26.7. The lowest BCUT2D eigenvalue weighted by molar-refractivity contribution is -0.147. The lowest BCUT2D eigenvalue weighted by atomic mass is 10.2. The van der Waals surface area contributed by atoms with Crippen LogP contribution >= 0.6 is 0 Å². The smallest absolute Gasteiger partial charge is 0.314 e. The van der Waals surface area contributed by atoms with E-state index in [9.17, 15) is 28.8 Å². The molecule has 0 radical (unpaired) electrons. The van der Waals surface area contributed by atoms with Crippen LogP contribution in [-0.2, 0) is 28.8 Å². The number of rotatable bonds is 10. The highest BCUT2D eigenvalue weighted by Gasteiger charge is 2.02. The van der Waals surface area contributed by atoms with Crippen molar-refractivity contribution in [1.29, 1.82) is 0 Å². The number of carboxylic acids is 6. The van der Waals surface area contributed by atoms with Gasteiger partial charge in [0, 0.05) is 12.8 Å². The van der Waals surface area contributed by atoms with Crippen molar-refractivity contribution in [3.8, 4) is 0 Å². The molecule has 0 aliphatic heterocycles. The molecule has 0 spiro atoms. The third-order valence-electron chi connectivity index (χ3n) is 1.89. The van der Waals surface area contributed by atoms with E-state index in [-0.39, 0.29) is 25.7 Å². The van der Waals surface area contributed by atoms with Crippen molar-refractivity contribution in [3.63, 3.8) is 0 Å². The molecule has 0 aliphatic carbocycles. The molecule has 0 bridgehead atoms. The summed E-state index contributed by atoms with van der Waals surface area (Å²) in [4.78, 5) is 57.9. The van der Waals surface area contributed by atoms with E-state index in [0.29, 0.717) is 12.8 Å². The van der Waals surface area contributed by atoms with Crippen LogP contribution in [0.15, 0.2) is 0 Å². The van der Waals surface area contributed by atoms with Gasteiger partial charge in [-0.05, 0) is 12.8 Å². The monoisotopic (exact) mass is 368 g/mol. The van der Waals surface area contributed by atoms with E-state index in [4.69, 9.17) is 30.6 Å². The quantitative estimate of drug-likeness (QED) is 0.224. The number of hydrogen-bond donors (Lipinski definition) is 6. The molecule has 0 atom stereocenters. The Morgan fingerprint density at radius 3 is 0.760 bits per heavy atom. The SMILES string of the molecule is O=C(O)CC(=O)O.O=C(O)CCC(=O)O.O=C(O)CCCCC(=O)O. The molecule has 0 unspecified atom stereocenters. The summed E-state index contributed by atoms with van der Waals surface area (Å²) < 4.78 is 0. The summed E-state index contributed by atoms with van der Waals surface area (Å²) >= 11 is 0. The minimum absolute atomic E-state index is 0.0628. The zero-order valence-corrected chi connectivity index (χ0v) is 13.1. The average molecular weight is 368 g/mol. The van der Waals surface area contributed by atoms with Gasteiger partial charge in [-0.1, -0.05) is 0 Å². The van der Waals surface area contributed by atoms with Gasteiger partial charge in [0.2, 0.25) is 0 Å². The summed E-state index contributed by atoms with van der Waals surface area (Å²) in [7, 11) is 0. The molecule has 0 aromatic rings. The van der Waals surface area contributed by atoms with E-state index in [1.807, 2.05) is 0 Å². The van der Waals surface area contributed by atoms with Crippen LogP contribution in [0.1, 0.15) is 44.9 Å². The largest absolute Gasteiger partial charge is 0.481 e. The molecule has 144 valence electrons. The van der Waals surface area contributed by atoms with Crippen molar-refractivity contribution in [2.24, 2.45) is 0 Å². The van der Waals surface area contributed by atoms with Crippen LogP contribution in [0, 0.1) is 0 Å². The summed E-state index contributed by atoms with van der Waals surface area (Å²) in [6.45, 7) is 0. The van der Waals surface area contributed by atoms with Crippen molar-refractivity contribution >= 4 is 35.8 Å². The van der Waals surface area contributed by atoms with E-state index < -0.39 is 42.2 Å². The maximum atomic E-state index is 9.90. The molecule has 12 heteroatoms. The highest BCUT2D eigenvalue weighted by Crippen LogP contribution is 1.98. The van der Waals surface area contributed by atoms with Crippen molar-refractivity contribution in [3.05, 3.63) is 0 Å². The molecule has 0 rings (SSSR count). The summed E-state index contributed by atoms with van der Waals surface area (Å²) in [5, 5.41) is 47.5. The topological polar surface area (TPSA) is 224 Å². The predicted octanol–water partition coefficient (Wildman–Crippen LogP) is 0.197. The van der Waals surface area contributed by atoms with Crippen LogP contribution in [0.4, 0.5) is 0 Å². The minimum atomic E-state index is -1.31. The minimum Gasteiger partial charge on any atom is -0.481 e. The molecule has 6 N–H and O–H groups in total. The highest BCUT2D eigenvalue weighted by atomic mass is 16.4. The van der Waals surface area contributed by atoms with Gasteiger partial charge < -0.3 is 30.6 Å². The molecule has 0 saturated carbocycles. The lowest BCUT2D eigenvalue weighted by Crippen LogP contribution is -2.03. The molecular formula is C13H20O12. The van der Waals surface area contributed by atoms with Crippen molar-refractivity contribution in [1.82, 2.24) is 0 Å². The van der Waals surface area contributed by atoms with E-state index in [1.54, 1.807) is 0 Å². The standard InChI is InChI=1S/C6H10O4.C4H6O4.C3H4O4/c7-5(8)3-1-2-4-6(9)10;5-3(6)1-2-4(7)8;4-2(5)1-3(6)7/h1-4H2,(H,7,8)(H,9,10);1-2H2,(H,5,6)(H,7,8);1H2,(H,4,5)(H,6,7). The number of aliphatic carboxylic acids is 6. The fraction of sp³-hybridized carbons (Fsp3) is 0.538. The van der Waals surface area contributed by atoms with Gasteiger partial charge in [-0.3, -0.25) is 28.8 Å². The summed E-state index contributed by atoms with van der Waals surface area (Å²) in [5.41, 5.74) is 0. The van der Waals surface area contributed by atoms with Crippen LogP contribution in [0.3, 0.4) is 0 Å². The Bertz CT molecular complexity index is 426. The Labute approximate surface area is 141 Å². The molecule has 0 amide bonds. The van der Waals surface area contributed by atoms with Gasteiger partial charge in [-0.2, -0.15) is 0 Å². The average Bonchev–Trinajstić information content (AvgIpc) is 2.41. The Balaban J connectivity index is -0.000000296. The maximum absolute atomic E-state index is 9.90. The molecular weight excluding hydrogens is 348 g/mol. The maximum Gasteiger partial charge on any atom is 0.314 e. The molecule has 25 heavy (non-hydrogen) atoms. The van der Waals surface area contributed by atoms with E-state index >= 15 is 0 Å². The molecule has 0 saturated heterocycles. The Morgan fingerprint density at radius 1 is 0.400 bits per heavy atom. The summed E-state index contributed by atoms with van der Waals surface area (Å²) in [5.74, 6) is -6.52. The summed E-state index contributed by atoms with van der Waals surface area (Å²) in [6.07, 6.45) is -0.380. The van der Waals surface area contributed by atoms with E-state index in [0.717, 1.165) is 0 Å². The van der Waals surface area contributed by atoms with E-state index in [2.05, 4.69) is 0 Å². The van der Waals surface area contributed by atoms with Crippen LogP contribution in [0.2, 0.25) is 0 Å². The molecule has 0 fully saturated rings. The Morgan fingerprint density at radius 2 is 0.640 bits per heavy atom. The molecule has 0 aromatic carbocycles. The first-order valence-corrected chi connectivity index (χ1v) is 6.69. The van der Waals surface area contributed by atoms with Crippen molar-refractivity contribution < 1.29 is 59.4 Å². The zero-order chi connectivity index (χ0) is 20.4. The number of unbranched alkanes of at least 4 members (excludes halogenated alkanes) is 1. The summed E-state index contributed by atoms with van der Waals surface area (Å²) in [6, 6.07) is 0. The highest BCUT2D eigenvalue weighted by molar-refractivity contribution is 5.88. The third-order valence-corrected chi connectivity index (χ3v) is 1.89. The molecule has 0 aromatic heterocycles. The normalized spacial score (nSPS) is 8.64. The van der Waals surface area contributed by atoms with Crippen LogP contribution < -0.4 is 0 Å². The van der Waals surface area contributed by atoms with Gasteiger partial charge in [0.1, 0.15) is 6.42 Å². The molecule has 0 heterocycles. The molecule has 0 aliphatic rings. The first-order chi connectivity index (χ1) is 11.4. The van der Waals surface area contributed by atoms with Gasteiger partial charge in [-0.15, -0.1) is 0 Å². The van der Waals surface area contributed by atoms with Gasteiger partial charge in [0.05, 0.1) is 12.8 Å². The van der Waals surface area contributed by atoms with E-state index in [1.165, 1.54) is 0 Å². The fourth-order valence-corrected chi connectivity index (χ4v) is 0.896. The first-order valence-electron chi connectivity index (χ1n) is 6.69. The van der Waals surface area contributed by atoms with Crippen molar-refractivity contribution in [2.45, 2.75) is 44.9 Å². The van der Waals surface area contributed by atoms with Gasteiger partial charge in [0.15, 0.2) is 0 Å². The molecule has 12 nitrogen and oxygen atoms in total. The third kappa shape index (κ3) is 44.9. The number of carbonyl (C=O) groups is 6. The van der Waals surface area contributed by atoms with Gasteiger partial charge in [-0.25, -0.2) is 0 Å². The van der Waals surface area contributed by atoms with Crippen LogP contribution in [0.5, 0.6) is 0 Å². The van der Waals surface area contributed by atoms with Crippen molar-refractivity contribution in [2.75, 3.05) is 0 Å². The zero-order valence-electron chi connectivity index (χ0n) is 13.1. The predicted molar refractivity (Wildman–Crippen MR) is 78.1 cm³/mol. The second kappa shape index (κ2) is 17.2.